The van der Waals surface area contributed by atoms with Gasteiger partial charge in [0.25, 0.3) is 0 Å². The van der Waals surface area contributed by atoms with Gasteiger partial charge in [0.2, 0.25) is 0 Å². The molecule has 0 spiro atoms. The number of allylic oxidation sites excluding steroid dienone is 2. The molecule has 0 N–H and O–H groups in total. The molecule has 1 aliphatic rings. The monoisotopic (exact) mass is 565 g/mol. The summed E-state index contributed by atoms with van der Waals surface area (Å²) in [5, 5.41) is 5.09. The zero-order valence-electron chi connectivity index (χ0n) is 25.2. The summed E-state index contributed by atoms with van der Waals surface area (Å²) in [6.45, 7) is 4.49. The molecular formula is C43H35N. The molecule has 0 saturated heterocycles. The number of nitrogens with zero attached hydrogens (tertiary/aromatic N) is 1. The Balaban J connectivity index is 1.30. The number of hydrogen-bond acceptors (Lipinski definition) is 0. The molecule has 0 amide bonds. The molecule has 1 nitrogen and oxygen atoms in total. The normalized spacial score (nSPS) is 16.6. The highest BCUT2D eigenvalue weighted by atomic mass is 15.0. The van der Waals surface area contributed by atoms with Crippen molar-refractivity contribution in [2.45, 2.75) is 32.1 Å². The van der Waals surface area contributed by atoms with E-state index >= 15 is 0 Å². The topological polar surface area (TPSA) is 4.93 Å². The van der Waals surface area contributed by atoms with E-state index in [-0.39, 0.29) is 0 Å². The van der Waals surface area contributed by atoms with Crippen LogP contribution >= 0.6 is 0 Å². The van der Waals surface area contributed by atoms with Crippen molar-refractivity contribution in [3.63, 3.8) is 0 Å². The van der Waals surface area contributed by atoms with Gasteiger partial charge in [-0.1, -0.05) is 134 Å². The molecular weight excluding hydrogens is 530 g/mol. The van der Waals surface area contributed by atoms with Gasteiger partial charge >= 0.3 is 0 Å². The Hall–Kier alpha value is -5.14. The van der Waals surface area contributed by atoms with Gasteiger partial charge in [-0.25, -0.2) is 0 Å². The SMILES string of the molecule is C/C=C/c1cc(-c2ccc(C3CC=Cc4ccccc4C3C)cc2)cc2c3ccc4ccccc4c3n(-c3ccccc3)c12. The molecule has 1 heteroatoms. The second-order valence-electron chi connectivity index (χ2n) is 12.1. The van der Waals surface area contributed by atoms with Crippen LogP contribution in [-0.4, -0.2) is 4.57 Å². The maximum absolute atomic E-state index is 2.47. The van der Waals surface area contributed by atoms with Crippen LogP contribution in [0.1, 0.15) is 54.4 Å². The van der Waals surface area contributed by atoms with Crippen molar-refractivity contribution in [3.8, 4) is 16.8 Å². The van der Waals surface area contributed by atoms with Crippen molar-refractivity contribution < 1.29 is 0 Å². The summed E-state index contributed by atoms with van der Waals surface area (Å²) in [7, 11) is 0. The van der Waals surface area contributed by atoms with Gasteiger partial charge in [-0.15, -0.1) is 0 Å². The van der Waals surface area contributed by atoms with Gasteiger partial charge in [0.1, 0.15) is 0 Å². The Morgan fingerprint density at radius 2 is 1.43 bits per heavy atom. The smallest absolute Gasteiger partial charge is 0.0619 e. The van der Waals surface area contributed by atoms with Gasteiger partial charge in [-0.05, 0) is 88.2 Å². The lowest BCUT2D eigenvalue weighted by Crippen LogP contribution is -2.07. The predicted molar refractivity (Wildman–Crippen MR) is 190 cm³/mol. The summed E-state index contributed by atoms with van der Waals surface area (Å²) in [4.78, 5) is 0. The van der Waals surface area contributed by atoms with E-state index < -0.39 is 0 Å². The fourth-order valence-corrected chi connectivity index (χ4v) is 7.43. The molecule has 0 aliphatic heterocycles. The molecule has 0 saturated carbocycles. The molecule has 212 valence electrons. The van der Waals surface area contributed by atoms with Crippen molar-refractivity contribution in [2.75, 3.05) is 0 Å². The van der Waals surface area contributed by atoms with E-state index in [0.29, 0.717) is 11.8 Å². The summed E-state index contributed by atoms with van der Waals surface area (Å²) in [5.74, 6) is 0.922. The van der Waals surface area contributed by atoms with Crippen LogP contribution in [0.4, 0.5) is 0 Å². The summed E-state index contributed by atoms with van der Waals surface area (Å²) in [6.07, 6.45) is 10.1. The standard InChI is InChI=1S/C43H35N/c1-3-12-34-27-35(30-21-23-33(24-22-30)38-20-11-15-31-13-7-9-18-37(31)29(38)2)28-41-40-26-25-32-14-8-10-19-39(32)43(40)44(42(34)41)36-16-5-4-6-17-36/h3-19,21-29,38H,20H2,1-2H3/b12-3+. The maximum Gasteiger partial charge on any atom is 0.0619 e. The zero-order chi connectivity index (χ0) is 29.6. The number of fused-ring (bicyclic) bond motifs is 6. The fourth-order valence-electron chi connectivity index (χ4n) is 7.43. The summed E-state index contributed by atoms with van der Waals surface area (Å²) in [6, 6.07) is 47.1. The molecule has 0 fully saturated rings. The summed E-state index contributed by atoms with van der Waals surface area (Å²) in [5.41, 5.74) is 11.6. The van der Waals surface area contributed by atoms with E-state index in [2.05, 4.69) is 170 Å². The first-order valence-electron chi connectivity index (χ1n) is 15.7. The number of rotatable bonds is 4. The number of para-hydroxylation sites is 1. The zero-order valence-corrected chi connectivity index (χ0v) is 25.2. The highest BCUT2D eigenvalue weighted by Gasteiger charge is 2.24. The lowest BCUT2D eigenvalue weighted by Gasteiger charge is -2.24. The molecule has 1 aliphatic carbocycles. The molecule has 1 aromatic heterocycles. The maximum atomic E-state index is 2.47. The Bertz CT molecular complexity index is 2210. The van der Waals surface area contributed by atoms with E-state index in [9.17, 15) is 0 Å². The van der Waals surface area contributed by atoms with Crippen LogP contribution in [0.15, 0.2) is 140 Å². The Kier molecular flexibility index (Phi) is 6.53. The average molecular weight is 566 g/mol. The molecule has 6 aromatic carbocycles. The van der Waals surface area contributed by atoms with Gasteiger partial charge < -0.3 is 4.57 Å². The number of aromatic nitrogens is 1. The fraction of sp³-hybridized carbons (Fsp3) is 0.116. The van der Waals surface area contributed by atoms with E-state index in [1.807, 2.05) is 0 Å². The second-order valence-corrected chi connectivity index (χ2v) is 12.1. The van der Waals surface area contributed by atoms with E-state index in [1.54, 1.807) is 0 Å². The summed E-state index contributed by atoms with van der Waals surface area (Å²) >= 11 is 0. The summed E-state index contributed by atoms with van der Waals surface area (Å²) < 4.78 is 2.47. The molecule has 2 unspecified atom stereocenters. The third kappa shape index (κ3) is 4.31. The van der Waals surface area contributed by atoms with E-state index in [4.69, 9.17) is 0 Å². The van der Waals surface area contributed by atoms with Gasteiger partial charge in [-0.3, -0.25) is 0 Å². The molecule has 0 bridgehead atoms. The minimum Gasteiger partial charge on any atom is -0.308 e. The van der Waals surface area contributed by atoms with E-state index in [1.165, 1.54) is 71.6 Å². The second kappa shape index (κ2) is 10.8. The number of hydrogen-bond donors (Lipinski definition) is 0. The minimum atomic E-state index is 0.460. The third-order valence-electron chi connectivity index (χ3n) is 9.59. The largest absolute Gasteiger partial charge is 0.308 e. The quantitative estimate of drug-likeness (QED) is 0.200. The first kappa shape index (κ1) is 26.5. The Labute approximate surface area is 259 Å². The lowest BCUT2D eigenvalue weighted by atomic mass is 9.80. The van der Waals surface area contributed by atoms with Crippen LogP contribution in [0.3, 0.4) is 0 Å². The van der Waals surface area contributed by atoms with E-state index in [0.717, 1.165) is 6.42 Å². The first-order valence-corrected chi connectivity index (χ1v) is 15.7. The van der Waals surface area contributed by atoms with Crippen molar-refractivity contribution in [1.82, 2.24) is 4.57 Å². The van der Waals surface area contributed by atoms with Crippen molar-refractivity contribution >= 4 is 44.7 Å². The van der Waals surface area contributed by atoms with Crippen LogP contribution in [0.2, 0.25) is 0 Å². The molecule has 2 atom stereocenters. The highest BCUT2D eigenvalue weighted by Crippen LogP contribution is 2.42. The van der Waals surface area contributed by atoms with Crippen molar-refractivity contribution in [3.05, 3.63) is 162 Å². The lowest BCUT2D eigenvalue weighted by molar-refractivity contribution is 0.586. The molecule has 8 rings (SSSR count). The van der Waals surface area contributed by atoms with Gasteiger partial charge in [0, 0.05) is 21.8 Å². The minimum absolute atomic E-state index is 0.460. The molecule has 0 radical (unpaired) electrons. The molecule has 44 heavy (non-hydrogen) atoms. The average Bonchev–Trinajstić information content (AvgIpc) is 3.33. The first-order chi connectivity index (χ1) is 21.7. The third-order valence-corrected chi connectivity index (χ3v) is 9.59. The number of benzene rings is 6. The van der Waals surface area contributed by atoms with Gasteiger partial charge in [-0.2, -0.15) is 0 Å². The Morgan fingerprint density at radius 1 is 0.659 bits per heavy atom. The van der Waals surface area contributed by atoms with Crippen molar-refractivity contribution in [1.29, 1.82) is 0 Å². The predicted octanol–water partition coefficient (Wildman–Crippen LogP) is 11.9. The Morgan fingerprint density at radius 3 is 2.27 bits per heavy atom. The van der Waals surface area contributed by atoms with Crippen LogP contribution < -0.4 is 0 Å². The van der Waals surface area contributed by atoms with Crippen LogP contribution in [0.5, 0.6) is 0 Å². The highest BCUT2D eigenvalue weighted by molar-refractivity contribution is 6.20. The molecule has 1 heterocycles. The van der Waals surface area contributed by atoms with Gasteiger partial charge in [0.05, 0.1) is 11.0 Å². The van der Waals surface area contributed by atoms with Gasteiger partial charge in [0.15, 0.2) is 0 Å². The van der Waals surface area contributed by atoms with Crippen LogP contribution in [-0.2, 0) is 0 Å². The molecule has 7 aromatic rings. The van der Waals surface area contributed by atoms with Crippen LogP contribution in [0, 0.1) is 0 Å². The van der Waals surface area contributed by atoms with Crippen molar-refractivity contribution in [2.24, 2.45) is 0 Å². The van der Waals surface area contributed by atoms with Crippen LogP contribution in [0.25, 0.3) is 61.5 Å².